The number of aromatic amines is 1. The number of H-pyrrole nitrogens is 1. The number of terminal acetylenes is 1. The molecular formula is C37H51F2N5O2. The average molecular weight is 636 g/mol. The van der Waals surface area contributed by atoms with Gasteiger partial charge in [0.25, 0.3) is 5.91 Å². The second kappa shape index (κ2) is 20.1. The molecule has 2 aliphatic rings. The molecule has 3 heterocycles. The maximum atomic E-state index is 15.1. The van der Waals surface area contributed by atoms with Crippen molar-refractivity contribution in [3.63, 3.8) is 0 Å². The smallest absolute Gasteiger partial charge is 0.251 e. The van der Waals surface area contributed by atoms with Crippen molar-refractivity contribution >= 4 is 18.4 Å². The van der Waals surface area contributed by atoms with Crippen molar-refractivity contribution in [2.75, 3.05) is 39.3 Å². The molecule has 1 aromatic carbocycles. The molecule has 2 fully saturated rings. The highest BCUT2D eigenvalue weighted by Gasteiger charge is 2.24. The van der Waals surface area contributed by atoms with Gasteiger partial charge in [0.1, 0.15) is 11.6 Å². The summed E-state index contributed by atoms with van der Waals surface area (Å²) in [6.45, 7) is 14.9. The van der Waals surface area contributed by atoms with E-state index in [1.807, 2.05) is 25.7 Å². The van der Waals surface area contributed by atoms with Gasteiger partial charge in [0.2, 0.25) is 6.41 Å². The number of piperidine rings is 1. The van der Waals surface area contributed by atoms with Gasteiger partial charge in [-0.05, 0) is 106 Å². The number of carbonyl (C=O) groups is 2. The van der Waals surface area contributed by atoms with Crippen LogP contribution in [0.5, 0.6) is 0 Å². The maximum absolute atomic E-state index is 15.1. The minimum atomic E-state index is -0.463. The molecule has 0 radical (unpaired) electrons. The lowest BCUT2D eigenvalue weighted by Gasteiger charge is -2.28. The number of hydrogen-bond donors (Lipinski definition) is 3. The van der Waals surface area contributed by atoms with Gasteiger partial charge in [-0.25, -0.2) is 8.78 Å². The van der Waals surface area contributed by atoms with Gasteiger partial charge in [-0.2, -0.15) is 0 Å². The first kappa shape index (κ1) is 38.0. The number of nitrogens with one attached hydrogen (secondary N) is 3. The van der Waals surface area contributed by atoms with E-state index in [1.165, 1.54) is 37.5 Å². The van der Waals surface area contributed by atoms with Crippen LogP contribution in [-0.4, -0.2) is 66.4 Å². The van der Waals surface area contributed by atoms with Crippen molar-refractivity contribution in [1.82, 2.24) is 25.4 Å². The molecule has 2 aromatic rings. The lowest BCUT2D eigenvalue weighted by Crippen LogP contribution is -2.37. The standard InChI is InChI=1S/C33H43F2N5O2.C2H6.C2H2/c1-23-24(2)32(38-31(23)8-7-15-40(22-41)17-16-39-13-5-4-6-14-39)19-29-27(21-37-33(29)42)18-30(35)25(3)36-20-26-9-11-28(34)12-10-26;2*1-2/h9-12,18-19,22,36,38H,4-8,13-17,20-21H2,1-3H3,(H,37,42);1-2H3;1-2H/b27-18+,29-19-,30-25-;;. The number of allylic oxidation sites excluding steroid dienone is 3. The molecular weight excluding hydrogens is 584 g/mol. The van der Waals surface area contributed by atoms with Gasteiger partial charge < -0.3 is 25.4 Å². The summed E-state index contributed by atoms with van der Waals surface area (Å²) in [4.78, 5) is 32.1. The van der Waals surface area contributed by atoms with E-state index in [0.717, 1.165) is 73.5 Å². The van der Waals surface area contributed by atoms with Crippen LogP contribution in [0.2, 0.25) is 0 Å². The summed E-state index contributed by atoms with van der Waals surface area (Å²) in [5.41, 5.74) is 6.25. The number of carbonyl (C=O) groups excluding carboxylic acids is 2. The predicted molar refractivity (Wildman–Crippen MR) is 184 cm³/mol. The van der Waals surface area contributed by atoms with Crippen molar-refractivity contribution in [1.29, 1.82) is 0 Å². The number of halogens is 2. The fraction of sp³-hybridized carbons (Fsp3) is 0.459. The van der Waals surface area contributed by atoms with Crippen LogP contribution in [0, 0.1) is 32.5 Å². The van der Waals surface area contributed by atoms with Crippen LogP contribution in [-0.2, 0) is 22.6 Å². The second-order valence-corrected chi connectivity index (χ2v) is 11.3. The Morgan fingerprint density at radius 2 is 1.74 bits per heavy atom. The molecule has 2 aliphatic heterocycles. The Morgan fingerprint density at radius 1 is 1.07 bits per heavy atom. The Bertz CT molecular complexity index is 1380. The number of rotatable bonds is 13. The number of hydrogen-bond acceptors (Lipinski definition) is 4. The van der Waals surface area contributed by atoms with E-state index in [0.29, 0.717) is 29.9 Å². The van der Waals surface area contributed by atoms with Gasteiger partial charge in [0.15, 0.2) is 0 Å². The van der Waals surface area contributed by atoms with Gasteiger partial charge in [-0.15, -0.1) is 12.8 Å². The number of amides is 2. The van der Waals surface area contributed by atoms with Gasteiger partial charge >= 0.3 is 0 Å². The number of nitrogens with zero attached hydrogens (tertiary/aromatic N) is 2. The zero-order chi connectivity index (χ0) is 34.1. The highest BCUT2D eigenvalue weighted by Crippen LogP contribution is 2.26. The Kier molecular flexibility index (Phi) is 16.6. The van der Waals surface area contributed by atoms with Crippen LogP contribution in [0.4, 0.5) is 8.78 Å². The van der Waals surface area contributed by atoms with Gasteiger partial charge in [-0.3, -0.25) is 9.59 Å². The zero-order valence-electron chi connectivity index (χ0n) is 28.1. The number of benzene rings is 1. The van der Waals surface area contributed by atoms with Crippen LogP contribution in [0.3, 0.4) is 0 Å². The summed E-state index contributed by atoms with van der Waals surface area (Å²) >= 11 is 0. The molecule has 0 saturated carbocycles. The van der Waals surface area contributed by atoms with E-state index in [2.05, 4.69) is 40.3 Å². The molecule has 2 amide bonds. The van der Waals surface area contributed by atoms with Gasteiger partial charge in [0, 0.05) is 55.4 Å². The van der Waals surface area contributed by atoms with Crippen molar-refractivity contribution in [3.8, 4) is 12.8 Å². The van der Waals surface area contributed by atoms with Crippen molar-refractivity contribution in [2.24, 2.45) is 0 Å². The topological polar surface area (TPSA) is 80.5 Å². The minimum absolute atomic E-state index is 0.241. The predicted octanol–water partition coefficient (Wildman–Crippen LogP) is 6.35. The SMILES string of the molecule is C#C.CC.C\C(NCc1ccc(F)cc1)=C(F)/C=C1\CNC(=O)\C1=C/c1[nH]c(CCCN(C=O)CCN2CCCCC2)c(C)c1C. The molecule has 0 atom stereocenters. The Morgan fingerprint density at radius 3 is 2.39 bits per heavy atom. The molecule has 0 aliphatic carbocycles. The van der Waals surface area contributed by atoms with Crippen LogP contribution in [0.25, 0.3) is 6.08 Å². The molecule has 1 aromatic heterocycles. The second-order valence-electron chi connectivity index (χ2n) is 11.3. The first-order valence-electron chi connectivity index (χ1n) is 16.2. The van der Waals surface area contributed by atoms with E-state index in [-0.39, 0.29) is 18.3 Å². The normalized spacial score (nSPS) is 16.9. The number of likely N-dealkylation sites (tertiary alicyclic amines) is 1. The third kappa shape index (κ3) is 11.3. The molecule has 9 heteroatoms. The first-order valence-corrected chi connectivity index (χ1v) is 16.2. The monoisotopic (exact) mass is 635 g/mol. The average Bonchev–Trinajstić information content (AvgIpc) is 3.57. The van der Waals surface area contributed by atoms with Crippen molar-refractivity contribution in [2.45, 2.75) is 73.3 Å². The highest BCUT2D eigenvalue weighted by atomic mass is 19.1. The van der Waals surface area contributed by atoms with Gasteiger partial charge in [-0.1, -0.05) is 32.4 Å². The Balaban J connectivity index is 0.00000177. The summed E-state index contributed by atoms with van der Waals surface area (Å²) < 4.78 is 28.2. The summed E-state index contributed by atoms with van der Waals surface area (Å²) in [5.74, 6) is -1.02. The van der Waals surface area contributed by atoms with Crippen LogP contribution >= 0.6 is 0 Å². The lowest BCUT2D eigenvalue weighted by atomic mass is 10.0. The minimum Gasteiger partial charge on any atom is -0.382 e. The molecule has 2 saturated heterocycles. The molecule has 4 rings (SSSR count). The summed E-state index contributed by atoms with van der Waals surface area (Å²) in [6.07, 6.45) is 17.5. The molecule has 3 N–H and O–H groups in total. The third-order valence-corrected chi connectivity index (χ3v) is 8.33. The fourth-order valence-electron chi connectivity index (χ4n) is 5.43. The molecule has 0 unspecified atom stereocenters. The lowest BCUT2D eigenvalue weighted by molar-refractivity contribution is -0.118. The first-order chi connectivity index (χ1) is 22.2. The summed E-state index contributed by atoms with van der Waals surface area (Å²) in [7, 11) is 0. The molecule has 0 spiro atoms. The van der Waals surface area contributed by atoms with E-state index in [9.17, 15) is 14.0 Å². The fourth-order valence-corrected chi connectivity index (χ4v) is 5.43. The van der Waals surface area contributed by atoms with Crippen molar-refractivity contribution < 1.29 is 18.4 Å². The van der Waals surface area contributed by atoms with Crippen molar-refractivity contribution in [3.05, 3.63) is 86.9 Å². The quantitative estimate of drug-likeness (QED) is 0.136. The summed E-state index contributed by atoms with van der Waals surface area (Å²) in [6, 6.07) is 6.04. The summed E-state index contributed by atoms with van der Waals surface area (Å²) in [5, 5.41) is 5.82. The Hall–Kier alpha value is -4.16. The molecule has 46 heavy (non-hydrogen) atoms. The molecule has 7 nitrogen and oxygen atoms in total. The van der Waals surface area contributed by atoms with E-state index < -0.39 is 5.83 Å². The Labute approximate surface area is 274 Å². The maximum Gasteiger partial charge on any atom is 0.251 e. The number of aromatic nitrogens is 1. The third-order valence-electron chi connectivity index (χ3n) is 8.33. The zero-order valence-corrected chi connectivity index (χ0v) is 28.1. The molecule has 0 bridgehead atoms. The number of aryl methyl sites for hydroxylation is 1. The van der Waals surface area contributed by atoms with E-state index >= 15 is 4.39 Å². The van der Waals surface area contributed by atoms with E-state index in [1.54, 1.807) is 25.1 Å². The van der Waals surface area contributed by atoms with Crippen LogP contribution in [0.15, 0.2) is 53.0 Å². The largest absolute Gasteiger partial charge is 0.382 e. The molecule has 250 valence electrons. The highest BCUT2D eigenvalue weighted by molar-refractivity contribution is 6.05. The van der Waals surface area contributed by atoms with Crippen LogP contribution < -0.4 is 10.6 Å². The van der Waals surface area contributed by atoms with Gasteiger partial charge in [0.05, 0.1) is 0 Å². The van der Waals surface area contributed by atoms with Crippen LogP contribution in [0.1, 0.15) is 74.5 Å². The van der Waals surface area contributed by atoms with E-state index in [4.69, 9.17) is 0 Å².